The summed E-state index contributed by atoms with van der Waals surface area (Å²) in [6, 6.07) is 6.19. The van der Waals surface area contributed by atoms with E-state index in [-0.39, 0.29) is 38.5 Å². The van der Waals surface area contributed by atoms with Gasteiger partial charge in [-0.15, -0.1) is 0 Å². The highest BCUT2D eigenvalue weighted by Crippen LogP contribution is 2.41. The third kappa shape index (κ3) is 3.83. The number of halogens is 3. The minimum absolute atomic E-state index is 0.00670. The molecule has 5 nitrogen and oxygen atoms in total. The average molecular weight is 360 g/mol. The minimum atomic E-state index is -1.79. The molecule has 0 radical (unpaired) electrons. The molecule has 0 saturated heterocycles. The smallest absolute Gasteiger partial charge is 0.272 e. The molecule has 122 valence electrons. The topological polar surface area (TPSA) is 72.6 Å². The highest BCUT2D eigenvalue weighted by molar-refractivity contribution is 6.37. The molecule has 0 aliphatic carbocycles. The minimum Gasteiger partial charge on any atom is -0.508 e. The molecular weight excluding hydrogens is 348 g/mol. The number of hydrogen-bond acceptors (Lipinski definition) is 4. The summed E-state index contributed by atoms with van der Waals surface area (Å²) in [5, 5.41) is 20.4. The zero-order valence-electron chi connectivity index (χ0n) is 12.1. The standard InChI is InChI=1S/C15H12Cl2FNO4/c1-15(2,18)10-7-9(3-4-13(10)20)23-14-11(16)5-8(19(21)22)6-12(14)17/h3-7,20H,1-2H3. The van der Waals surface area contributed by atoms with E-state index in [2.05, 4.69) is 0 Å². The lowest BCUT2D eigenvalue weighted by atomic mass is 9.99. The van der Waals surface area contributed by atoms with Crippen LogP contribution in [0, 0.1) is 10.1 Å². The molecule has 0 amide bonds. The molecule has 0 fully saturated rings. The van der Waals surface area contributed by atoms with Crippen LogP contribution in [0.1, 0.15) is 19.4 Å². The molecule has 0 aromatic heterocycles. The predicted molar refractivity (Wildman–Crippen MR) is 85.4 cm³/mol. The van der Waals surface area contributed by atoms with Gasteiger partial charge in [0, 0.05) is 17.7 Å². The second kappa shape index (κ2) is 6.22. The average Bonchev–Trinajstić information content (AvgIpc) is 2.42. The predicted octanol–water partition coefficient (Wildman–Crippen LogP) is 5.60. The summed E-state index contributed by atoms with van der Waals surface area (Å²) in [6.45, 7) is 2.58. The summed E-state index contributed by atoms with van der Waals surface area (Å²) in [5.41, 5.74) is -2.03. The van der Waals surface area contributed by atoms with Crippen molar-refractivity contribution in [3.05, 3.63) is 56.1 Å². The summed E-state index contributed by atoms with van der Waals surface area (Å²) >= 11 is 11.9. The lowest BCUT2D eigenvalue weighted by Gasteiger charge is -2.18. The quantitative estimate of drug-likeness (QED) is 0.569. The lowest BCUT2D eigenvalue weighted by Crippen LogP contribution is -2.09. The Morgan fingerprint density at radius 1 is 1.22 bits per heavy atom. The number of nitro groups is 1. The Morgan fingerprint density at radius 3 is 2.26 bits per heavy atom. The van der Waals surface area contributed by atoms with Gasteiger partial charge in [-0.1, -0.05) is 23.2 Å². The number of ether oxygens (including phenoxy) is 1. The molecule has 23 heavy (non-hydrogen) atoms. The van der Waals surface area contributed by atoms with Crippen LogP contribution in [0.2, 0.25) is 10.0 Å². The van der Waals surface area contributed by atoms with Crippen LogP contribution in [-0.4, -0.2) is 10.0 Å². The van der Waals surface area contributed by atoms with Crippen LogP contribution in [0.25, 0.3) is 0 Å². The fourth-order valence-electron chi connectivity index (χ4n) is 1.92. The van der Waals surface area contributed by atoms with Crippen LogP contribution >= 0.6 is 23.2 Å². The van der Waals surface area contributed by atoms with Gasteiger partial charge < -0.3 is 9.84 Å². The second-order valence-corrected chi connectivity index (χ2v) is 6.06. The summed E-state index contributed by atoms with van der Waals surface area (Å²) in [7, 11) is 0. The van der Waals surface area contributed by atoms with Gasteiger partial charge in [-0.05, 0) is 32.0 Å². The van der Waals surface area contributed by atoms with Crippen LogP contribution in [0.5, 0.6) is 17.2 Å². The molecule has 8 heteroatoms. The summed E-state index contributed by atoms with van der Waals surface area (Å²) < 4.78 is 19.6. The molecule has 0 aliphatic rings. The largest absolute Gasteiger partial charge is 0.508 e. The van der Waals surface area contributed by atoms with Gasteiger partial charge in [0.2, 0.25) is 0 Å². The van der Waals surface area contributed by atoms with E-state index < -0.39 is 10.6 Å². The first-order chi connectivity index (χ1) is 10.6. The van der Waals surface area contributed by atoms with Gasteiger partial charge in [0.1, 0.15) is 17.2 Å². The number of hydrogen-bond donors (Lipinski definition) is 1. The van der Waals surface area contributed by atoms with E-state index in [1.165, 1.54) is 32.0 Å². The Bertz CT molecular complexity index is 752. The molecule has 0 bridgehead atoms. The number of aromatic hydroxyl groups is 1. The zero-order chi connectivity index (χ0) is 17.4. The number of nitrogens with zero attached hydrogens (tertiary/aromatic N) is 1. The molecule has 0 spiro atoms. The van der Waals surface area contributed by atoms with Gasteiger partial charge >= 0.3 is 0 Å². The van der Waals surface area contributed by atoms with E-state index in [0.717, 1.165) is 12.1 Å². The molecule has 2 rings (SSSR count). The summed E-state index contributed by atoms with van der Waals surface area (Å²) in [5.74, 6) is -0.0286. The van der Waals surface area contributed by atoms with Crippen LogP contribution in [0.4, 0.5) is 10.1 Å². The summed E-state index contributed by atoms with van der Waals surface area (Å²) in [4.78, 5) is 10.1. The maximum atomic E-state index is 14.1. The highest BCUT2D eigenvalue weighted by Gasteiger charge is 2.24. The van der Waals surface area contributed by atoms with E-state index in [1.54, 1.807) is 0 Å². The Hall–Kier alpha value is -2.05. The van der Waals surface area contributed by atoms with Gasteiger partial charge in [-0.3, -0.25) is 10.1 Å². The third-order valence-corrected chi connectivity index (χ3v) is 3.58. The van der Waals surface area contributed by atoms with Crippen molar-refractivity contribution >= 4 is 28.9 Å². The molecule has 1 N–H and O–H groups in total. The zero-order valence-corrected chi connectivity index (χ0v) is 13.7. The van der Waals surface area contributed by atoms with Crippen LogP contribution in [0.3, 0.4) is 0 Å². The van der Waals surface area contributed by atoms with E-state index in [1.807, 2.05) is 0 Å². The molecule has 2 aromatic rings. The van der Waals surface area contributed by atoms with Crippen molar-refractivity contribution in [2.24, 2.45) is 0 Å². The number of nitro benzene ring substituents is 1. The van der Waals surface area contributed by atoms with E-state index >= 15 is 0 Å². The first-order valence-electron chi connectivity index (χ1n) is 6.43. The second-order valence-electron chi connectivity index (χ2n) is 5.25. The monoisotopic (exact) mass is 359 g/mol. The van der Waals surface area contributed by atoms with Crippen molar-refractivity contribution in [1.29, 1.82) is 0 Å². The number of alkyl halides is 1. The molecule has 0 heterocycles. The summed E-state index contributed by atoms with van der Waals surface area (Å²) in [6.07, 6.45) is 0. The number of non-ortho nitro benzene ring substituents is 1. The van der Waals surface area contributed by atoms with Gasteiger partial charge in [-0.25, -0.2) is 4.39 Å². The van der Waals surface area contributed by atoms with E-state index in [0.29, 0.717) is 0 Å². The molecule has 0 unspecified atom stereocenters. The Balaban J connectivity index is 2.42. The van der Waals surface area contributed by atoms with Crippen molar-refractivity contribution in [2.75, 3.05) is 0 Å². The van der Waals surface area contributed by atoms with Gasteiger partial charge in [0.15, 0.2) is 5.75 Å². The highest BCUT2D eigenvalue weighted by atomic mass is 35.5. The van der Waals surface area contributed by atoms with E-state index in [4.69, 9.17) is 27.9 Å². The number of phenolic OH excluding ortho intramolecular Hbond substituents is 1. The SMILES string of the molecule is CC(C)(F)c1cc(Oc2c(Cl)cc([N+](=O)[O-])cc2Cl)ccc1O. The third-order valence-electron chi connectivity index (χ3n) is 3.02. The van der Waals surface area contributed by atoms with E-state index in [9.17, 15) is 19.6 Å². The molecular formula is C15H12Cl2FNO4. The number of benzene rings is 2. The van der Waals surface area contributed by atoms with Crippen LogP contribution in [0.15, 0.2) is 30.3 Å². The van der Waals surface area contributed by atoms with Crippen LogP contribution in [-0.2, 0) is 5.67 Å². The number of phenols is 1. The van der Waals surface area contributed by atoms with Crippen molar-refractivity contribution < 1.29 is 19.2 Å². The maximum Gasteiger partial charge on any atom is 0.272 e. The van der Waals surface area contributed by atoms with Gasteiger partial charge in [0.05, 0.1) is 15.0 Å². The van der Waals surface area contributed by atoms with Gasteiger partial charge in [0.25, 0.3) is 5.69 Å². The first-order valence-corrected chi connectivity index (χ1v) is 7.19. The number of rotatable bonds is 4. The van der Waals surface area contributed by atoms with Crippen molar-refractivity contribution in [2.45, 2.75) is 19.5 Å². The Morgan fingerprint density at radius 2 is 1.78 bits per heavy atom. The fourth-order valence-corrected chi connectivity index (χ4v) is 2.47. The molecule has 0 atom stereocenters. The Labute approximate surface area is 141 Å². The fraction of sp³-hybridized carbons (Fsp3) is 0.200. The lowest BCUT2D eigenvalue weighted by molar-refractivity contribution is -0.384. The molecule has 0 aliphatic heterocycles. The van der Waals surface area contributed by atoms with Crippen LogP contribution < -0.4 is 4.74 Å². The van der Waals surface area contributed by atoms with Crippen molar-refractivity contribution in [3.63, 3.8) is 0 Å². The van der Waals surface area contributed by atoms with Gasteiger partial charge in [-0.2, -0.15) is 0 Å². The molecule has 0 saturated carbocycles. The maximum absolute atomic E-state index is 14.1. The normalized spacial score (nSPS) is 11.3. The van der Waals surface area contributed by atoms with Crippen molar-refractivity contribution in [3.8, 4) is 17.2 Å². The van der Waals surface area contributed by atoms with Crippen molar-refractivity contribution in [1.82, 2.24) is 0 Å². The molecule has 2 aromatic carbocycles. The Kier molecular flexibility index (Phi) is 4.68. The first kappa shape index (κ1) is 17.3.